The zero-order valence-corrected chi connectivity index (χ0v) is 36.1. The third-order valence-electron chi connectivity index (χ3n) is 7.32. The molecule has 2 nitrogen and oxygen atoms in total. The number of rotatable bonds is 10. The molecule has 0 saturated heterocycles. The van der Waals surface area contributed by atoms with E-state index >= 15 is 0 Å². The number of hydrogen-bond acceptors (Lipinski definition) is 2. The Morgan fingerprint density at radius 1 is 0.636 bits per heavy atom. The molecule has 0 N–H and O–H groups in total. The van der Waals surface area contributed by atoms with E-state index in [1.165, 1.54) is 58.4 Å². The maximum atomic E-state index is 6.23. The van der Waals surface area contributed by atoms with Gasteiger partial charge in [-0.1, -0.05) is 90.7 Å². The molecular formula is C36H54Cl2O2Si3Zr. The predicted molar refractivity (Wildman–Crippen MR) is 189 cm³/mol. The van der Waals surface area contributed by atoms with E-state index < -0.39 is 18.1 Å². The van der Waals surface area contributed by atoms with E-state index in [-0.39, 0.29) is 61.8 Å². The SMILES string of the molecule is CCCC(C)(C)c1[cH-]c2ccccc2c1O[Si](C)C.CCCC(C)(C)c1[cH-]c2ccccc2c1O[Si](C)C.C[Si]C.[Cl-].[Cl-].[Zr+4]. The van der Waals surface area contributed by atoms with E-state index in [0.717, 1.165) is 21.0 Å². The zero-order valence-electron chi connectivity index (χ0n) is 29.2. The van der Waals surface area contributed by atoms with Crippen molar-refractivity contribution in [3.63, 3.8) is 0 Å². The molecule has 44 heavy (non-hydrogen) atoms. The Balaban J connectivity index is 0. The van der Waals surface area contributed by atoms with Crippen LogP contribution >= 0.6 is 0 Å². The van der Waals surface area contributed by atoms with Crippen molar-refractivity contribution in [1.82, 2.24) is 0 Å². The summed E-state index contributed by atoms with van der Waals surface area (Å²) in [7, 11) is -0.404. The summed E-state index contributed by atoms with van der Waals surface area (Å²) in [6.45, 7) is 26.9. The first-order chi connectivity index (χ1) is 19.3. The average molecular weight is 765 g/mol. The quantitative estimate of drug-likeness (QED) is 0.161. The summed E-state index contributed by atoms with van der Waals surface area (Å²) in [5, 5.41) is 5.15. The minimum Gasteiger partial charge on any atom is -1.00 e. The molecule has 4 aromatic carbocycles. The van der Waals surface area contributed by atoms with Gasteiger partial charge >= 0.3 is 26.2 Å². The fraction of sp³-hybridized carbons (Fsp3) is 0.500. The van der Waals surface area contributed by atoms with Crippen LogP contribution in [-0.4, -0.2) is 27.6 Å². The van der Waals surface area contributed by atoms with Gasteiger partial charge in [0.05, 0.1) is 0 Å². The van der Waals surface area contributed by atoms with Crippen LogP contribution in [0.1, 0.15) is 78.4 Å². The molecule has 0 aromatic heterocycles. The second-order valence-electron chi connectivity index (χ2n) is 12.7. The summed E-state index contributed by atoms with van der Waals surface area (Å²) in [6, 6.07) is 21.8. The first kappa shape index (κ1) is 45.5. The van der Waals surface area contributed by atoms with Crippen LogP contribution in [0.4, 0.5) is 0 Å². The first-order valence-corrected chi connectivity index (χ1v) is 22.1. The molecular weight excluding hydrogens is 711 g/mol. The van der Waals surface area contributed by atoms with E-state index in [4.69, 9.17) is 8.85 Å². The second-order valence-corrected chi connectivity index (χ2v) is 17.8. The fourth-order valence-corrected chi connectivity index (χ4v) is 6.80. The van der Waals surface area contributed by atoms with Crippen LogP contribution in [0.3, 0.4) is 0 Å². The van der Waals surface area contributed by atoms with Crippen molar-refractivity contribution in [3.8, 4) is 11.5 Å². The third kappa shape index (κ3) is 12.5. The summed E-state index contributed by atoms with van der Waals surface area (Å²) in [5.74, 6) is 2.26. The third-order valence-corrected chi connectivity index (χ3v) is 8.55. The number of fused-ring (bicyclic) bond motifs is 2. The van der Waals surface area contributed by atoms with Crippen LogP contribution < -0.4 is 33.7 Å². The standard InChI is InChI=1S/2C17H24OSi.C2H6Si.2ClH.Zr/c2*1-6-11-17(2,3)15-12-13-9-7-8-10-14(13)16(15)18-19(4)5;1-3-2;;;/h2*7-10,12H,6,11H2,1-5H3;1-2H3;2*1H;/q2*-1;;;;+4/p-2. The van der Waals surface area contributed by atoms with Crippen molar-refractivity contribution in [1.29, 1.82) is 0 Å². The van der Waals surface area contributed by atoms with Crippen LogP contribution in [0.5, 0.6) is 11.5 Å². The molecule has 0 aliphatic rings. The van der Waals surface area contributed by atoms with E-state index in [2.05, 4.69) is 141 Å². The molecule has 240 valence electrons. The van der Waals surface area contributed by atoms with Crippen molar-refractivity contribution in [2.45, 2.75) is 117 Å². The van der Waals surface area contributed by atoms with Gasteiger partial charge in [0.15, 0.2) is 0 Å². The number of hydrogen-bond donors (Lipinski definition) is 0. The molecule has 0 spiro atoms. The van der Waals surface area contributed by atoms with Gasteiger partial charge in [-0.2, -0.15) is 0 Å². The Morgan fingerprint density at radius 2 is 0.932 bits per heavy atom. The van der Waals surface area contributed by atoms with E-state index in [1.54, 1.807) is 0 Å². The van der Waals surface area contributed by atoms with E-state index in [0.29, 0.717) is 0 Å². The Morgan fingerprint density at radius 3 is 1.20 bits per heavy atom. The fourth-order valence-electron chi connectivity index (χ4n) is 5.54. The molecule has 0 fully saturated rings. The smallest absolute Gasteiger partial charge is 1.00 e. The Hall–Kier alpha value is -0.626. The van der Waals surface area contributed by atoms with Crippen LogP contribution in [0.25, 0.3) is 21.5 Å². The summed E-state index contributed by atoms with van der Waals surface area (Å²) in [5.41, 5.74) is 3.12. The topological polar surface area (TPSA) is 18.5 Å². The van der Waals surface area contributed by atoms with Crippen molar-refractivity contribution >= 4 is 49.1 Å². The van der Waals surface area contributed by atoms with Crippen LogP contribution in [-0.2, 0) is 37.0 Å². The van der Waals surface area contributed by atoms with Gasteiger partial charge in [0.2, 0.25) is 0 Å². The Bertz CT molecular complexity index is 1240. The summed E-state index contributed by atoms with van der Waals surface area (Å²) >= 11 is 0. The maximum Gasteiger partial charge on any atom is 4.00 e. The molecule has 0 atom stereocenters. The normalized spacial score (nSPS) is 11.0. The maximum absolute atomic E-state index is 6.23. The zero-order chi connectivity index (χ0) is 30.8. The molecule has 0 amide bonds. The molecule has 0 aliphatic heterocycles. The van der Waals surface area contributed by atoms with Gasteiger partial charge in [0, 0.05) is 9.52 Å². The second kappa shape index (κ2) is 21.3. The summed E-state index contributed by atoms with van der Waals surface area (Å²) < 4.78 is 12.5. The van der Waals surface area contributed by atoms with Crippen molar-refractivity contribution < 1.29 is 59.9 Å². The van der Waals surface area contributed by atoms with Gasteiger partial charge in [0.25, 0.3) is 18.1 Å². The number of benzene rings is 2. The molecule has 0 bridgehead atoms. The summed E-state index contributed by atoms with van der Waals surface area (Å²) in [6.07, 6.45) is 4.78. The van der Waals surface area contributed by atoms with Gasteiger partial charge in [-0.25, -0.2) is 0 Å². The summed E-state index contributed by atoms with van der Waals surface area (Å²) in [4.78, 5) is 0. The molecule has 0 saturated carbocycles. The van der Waals surface area contributed by atoms with Gasteiger partial charge in [-0.15, -0.1) is 70.1 Å². The molecule has 0 unspecified atom stereocenters. The largest absolute Gasteiger partial charge is 4.00 e. The van der Waals surface area contributed by atoms with Crippen molar-refractivity contribution in [3.05, 3.63) is 71.8 Å². The van der Waals surface area contributed by atoms with Crippen LogP contribution in [0, 0.1) is 0 Å². The Kier molecular flexibility index (Phi) is 22.0. The van der Waals surface area contributed by atoms with Gasteiger partial charge in [-0.3, -0.25) is 0 Å². The van der Waals surface area contributed by atoms with Crippen LogP contribution in [0.2, 0.25) is 39.3 Å². The van der Waals surface area contributed by atoms with Crippen molar-refractivity contribution in [2.24, 2.45) is 0 Å². The van der Waals surface area contributed by atoms with Gasteiger partial charge in [0.1, 0.15) is 0 Å². The van der Waals surface area contributed by atoms with Crippen molar-refractivity contribution in [2.75, 3.05) is 0 Å². The molecule has 4 rings (SSSR count). The van der Waals surface area contributed by atoms with Crippen LogP contribution in [0.15, 0.2) is 60.7 Å². The molecule has 0 aliphatic carbocycles. The molecule has 4 aromatic rings. The average Bonchev–Trinajstić information content (AvgIpc) is 3.44. The predicted octanol–water partition coefficient (Wildman–Crippen LogP) is 5.32. The van der Waals surface area contributed by atoms with E-state index in [1.807, 2.05) is 0 Å². The minimum absolute atomic E-state index is 0. The first-order valence-electron chi connectivity index (χ1n) is 15.2. The monoisotopic (exact) mass is 762 g/mol. The molecule has 8 heteroatoms. The van der Waals surface area contributed by atoms with Gasteiger partial charge in [-0.05, 0) is 61.4 Å². The van der Waals surface area contributed by atoms with E-state index in [9.17, 15) is 0 Å². The molecule has 0 heterocycles. The number of halogens is 2. The molecule has 4 radical (unpaired) electrons. The Labute approximate surface area is 307 Å². The van der Waals surface area contributed by atoms with Gasteiger partial charge < -0.3 is 33.7 Å². The minimum atomic E-state index is -0.744.